The smallest absolute Gasteiger partial charge is 0.136 e. The topological polar surface area (TPSA) is 59.1 Å². The second-order valence-electron chi connectivity index (χ2n) is 5.65. The van der Waals surface area contributed by atoms with E-state index in [1.807, 2.05) is 0 Å². The molecule has 0 amide bonds. The first-order chi connectivity index (χ1) is 9.65. The number of anilines is 2. The molecule has 2 rings (SSSR count). The largest absolute Gasteiger partial charge is 0.384 e. The predicted molar refractivity (Wildman–Crippen MR) is 82.4 cm³/mol. The molecule has 5 nitrogen and oxygen atoms in total. The van der Waals surface area contributed by atoms with Gasteiger partial charge < -0.3 is 15.4 Å². The SMILES string of the molecule is CCNc1nc(C2CC2)nc(NCC(C)COC)c1C. The molecule has 112 valence electrons. The number of ether oxygens (including phenoxy) is 1. The van der Waals surface area contributed by atoms with E-state index in [1.165, 1.54) is 12.8 Å². The zero-order valence-electron chi connectivity index (χ0n) is 13.0. The fourth-order valence-corrected chi connectivity index (χ4v) is 2.18. The molecule has 1 aliphatic carbocycles. The Morgan fingerprint density at radius 1 is 1.25 bits per heavy atom. The summed E-state index contributed by atoms with van der Waals surface area (Å²) in [5, 5.41) is 6.78. The summed E-state index contributed by atoms with van der Waals surface area (Å²) >= 11 is 0. The first-order valence-corrected chi connectivity index (χ1v) is 7.50. The Bertz CT molecular complexity index is 446. The van der Waals surface area contributed by atoms with Gasteiger partial charge in [0.1, 0.15) is 17.5 Å². The van der Waals surface area contributed by atoms with E-state index in [1.54, 1.807) is 7.11 Å². The lowest BCUT2D eigenvalue weighted by Gasteiger charge is -2.16. The van der Waals surface area contributed by atoms with Gasteiger partial charge in [0.05, 0.1) is 6.61 Å². The fraction of sp³-hybridized carbons (Fsp3) is 0.733. The first kappa shape index (κ1) is 15.0. The molecular weight excluding hydrogens is 252 g/mol. The van der Waals surface area contributed by atoms with Crippen LogP contribution in [0.15, 0.2) is 0 Å². The average molecular weight is 278 g/mol. The summed E-state index contributed by atoms with van der Waals surface area (Å²) < 4.78 is 5.17. The van der Waals surface area contributed by atoms with Crippen molar-refractivity contribution in [2.24, 2.45) is 5.92 Å². The molecule has 0 aliphatic heterocycles. The van der Waals surface area contributed by atoms with Crippen molar-refractivity contribution in [3.05, 3.63) is 11.4 Å². The van der Waals surface area contributed by atoms with Crippen LogP contribution in [0, 0.1) is 12.8 Å². The molecule has 20 heavy (non-hydrogen) atoms. The first-order valence-electron chi connectivity index (χ1n) is 7.50. The standard InChI is InChI=1S/C15H26N4O/c1-5-16-13-11(3)14(17-8-10(2)9-20-4)19-15(18-13)12-6-7-12/h10,12H,5-9H2,1-4H3,(H2,16,17,18,19). The van der Waals surface area contributed by atoms with Gasteiger partial charge in [-0.1, -0.05) is 6.92 Å². The van der Waals surface area contributed by atoms with Crippen LogP contribution < -0.4 is 10.6 Å². The predicted octanol–water partition coefficient (Wildman–Crippen LogP) is 2.79. The maximum Gasteiger partial charge on any atom is 0.136 e. The molecule has 1 unspecified atom stereocenters. The Kier molecular flexibility index (Phi) is 5.17. The molecule has 2 N–H and O–H groups in total. The number of methoxy groups -OCH3 is 1. The second-order valence-corrected chi connectivity index (χ2v) is 5.65. The lowest BCUT2D eigenvalue weighted by atomic mass is 10.2. The van der Waals surface area contributed by atoms with Crippen LogP contribution in [0.25, 0.3) is 0 Å². The maximum atomic E-state index is 5.17. The highest BCUT2D eigenvalue weighted by Gasteiger charge is 2.28. The van der Waals surface area contributed by atoms with Gasteiger partial charge in [-0.05, 0) is 32.6 Å². The summed E-state index contributed by atoms with van der Waals surface area (Å²) in [6, 6.07) is 0. The third kappa shape index (κ3) is 3.82. The number of nitrogens with zero attached hydrogens (tertiary/aromatic N) is 2. The molecule has 0 spiro atoms. The minimum atomic E-state index is 0.460. The number of rotatable bonds is 8. The Morgan fingerprint density at radius 2 is 1.90 bits per heavy atom. The third-order valence-corrected chi connectivity index (χ3v) is 3.52. The zero-order chi connectivity index (χ0) is 14.5. The highest BCUT2D eigenvalue weighted by atomic mass is 16.5. The highest BCUT2D eigenvalue weighted by molar-refractivity contribution is 5.57. The monoisotopic (exact) mass is 278 g/mol. The van der Waals surface area contributed by atoms with Gasteiger partial charge in [0.25, 0.3) is 0 Å². The number of nitrogens with one attached hydrogen (secondary N) is 2. The molecule has 1 aromatic heterocycles. The molecule has 1 aromatic rings. The van der Waals surface area contributed by atoms with Crippen molar-refractivity contribution in [3.63, 3.8) is 0 Å². The molecule has 1 heterocycles. The Morgan fingerprint density at radius 3 is 2.45 bits per heavy atom. The fourth-order valence-electron chi connectivity index (χ4n) is 2.18. The van der Waals surface area contributed by atoms with E-state index >= 15 is 0 Å². The second kappa shape index (κ2) is 6.88. The summed E-state index contributed by atoms with van der Waals surface area (Å²) in [5.41, 5.74) is 1.10. The molecule has 1 fully saturated rings. The number of aromatic nitrogens is 2. The van der Waals surface area contributed by atoms with E-state index < -0.39 is 0 Å². The number of hydrogen-bond acceptors (Lipinski definition) is 5. The van der Waals surface area contributed by atoms with Gasteiger partial charge in [0, 0.05) is 31.7 Å². The van der Waals surface area contributed by atoms with Gasteiger partial charge in [-0.25, -0.2) is 9.97 Å². The van der Waals surface area contributed by atoms with Crippen LogP contribution in [-0.4, -0.2) is 36.8 Å². The molecule has 1 saturated carbocycles. The van der Waals surface area contributed by atoms with Gasteiger partial charge in [-0.3, -0.25) is 0 Å². The van der Waals surface area contributed by atoms with E-state index in [2.05, 4.69) is 36.4 Å². The molecule has 0 saturated heterocycles. The summed E-state index contributed by atoms with van der Waals surface area (Å²) in [5.74, 6) is 3.92. The van der Waals surface area contributed by atoms with E-state index in [9.17, 15) is 0 Å². The van der Waals surface area contributed by atoms with Crippen LogP contribution in [0.4, 0.5) is 11.6 Å². The zero-order valence-corrected chi connectivity index (χ0v) is 13.0. The lowest BCUT2D eigenvalue weighted by molar-refractivity contribution is 0.164. The lowest BCUT2D eigenvalue weighted by Crippen LogP contribution is -2.18. The molecule has 5 heteroatoms. The van der Waals surface area contributed by atoms with Crippen LogP contribution in [0.5, 0.6) is 0 Å². The molecule has 0 radical (unpaired) electrons. The van der Waals surface area contributed by atoms with Crippen molar-refractivity contribution < 1.29 is 4.74 Å². The van der Waals surface area contributed by atoms with Gasteiger partial charge in [-0.2, -0.15) is 0 Å². The van der Waals surface area contributed by atoms with Crippen LogP contribution in [0.3, 0.4) is 0 Å². The van der Waals surface area contributed by atoms with Gasteiger partial charge >= 0.3 is 0 Å². The third-order valence-electron chi connectivity index (χ3n) is 3.52. The maximum absolute atomic E-state index is 5.17. The van der Waals surface area contributed by atoms with Gasteiger partial charge in [0.15, 0.2) is 0 Å². The van der Waals surface area contributed by atoms with Gasteiger partial charge in [-0.15, -0.1) is 0 Å². The van der Waals surface area contributed by atoms with E-state index in [0.29, 0.717) is 11.8 Å². The summed E-state index contributed by atoms with van der Waals surface area (Å²) in [4.78, 5) is 9.37. The van der Waals surface area contributed by atoms with Crippen LogP contribution >= 0.6 is 0 Å². The van der Waals surface area contributed by atoms with Crippen molar-refractivity contribution in [2.45, 2.75) is 39.5 Å². The Balaban J connectivity index is 2.12. The van der Waals surface area contributed by atoms with Crippen LogP contribution in [-0.2, 0) is 4.74 Å². The van der Waals surface area contributed by atoms with Crippen molar-refractivity contribution in [1.29, 1.82) is 0 Å². The van der Waals surface area contributed by atoms with Crippen molar-refractivity contribution in [2.75, 3.05) is 37.4 Å². The number of hydrogen-bond donors (Lipinski definition) is 2. The van der Waals surface area contributed by atoms with Crippen molar-refractivity contribution >= 4 is 11.6 Å². The van der Waals surface area contributed by atoms with E-state index in [-0.39, 0.29) is 0 Å². The minimum absolute atomic E-state index is 0.460. The van der Waals surface area contributed by atoms with Gasteiger partial charge in [0.2, 0.25) is 0 Å². The van der Waals surface area contributed by atoms with E-state index in [4.69, 9.17) is 9.72 Å². The Hall–Kier alpha value is -1.36. The van der Waals surface area contributed by atoms with Crippen LogP contribution in [0.1, 0.15) is 44.0 Å². The van der Waals surface area contributed by atoms with Crippen molar-refractivity contribution in [3.8, 4) is 0 Å². The molecule has 0 aromatic carbocycles. The quantitative estimate of drug-likeness (QED) is 0.765. The minimum Gasteiger partial charge on any atom is -0.384 e. The summed E-state index contributed by atoms with van der Waals surface area (Å²) in [6.07, 6.45) is 2.43. The van der Waals surface area contributed by atoms with Crippen LogP contribution in [0.2, 0.25) is 0 Å². The molecule has 0 bridgehead atoms. The average Bonchev–Trinajstić information content (AvgIpc) is 3.24. The molecule has 1 aliphatic rings. The molecule has 1 atom stereocenters. The summed E-state index contributed by atoms with van der Waals surface area (Å²) in [7, 11) is 1.74. The normalized spacial score (nSPS) is 16.0. The van der Waals surface area contributed by atoms with E-state index in [0.717, 1.165) is 42.7 Å². The Labute approximate surface area is 121 Å². The molecular formula is C15H26N4O. The van der Waals surface area contributed by atoms with Crippen molar-refractivity contribution in [1.82, 2.24) is 9.97 Å². The summed E-state index contributed by atoms with van der Waals surface area (Å²) in [6.45, 7) is 8.82. The highest BCUT2D eigenvalue weighted by Crippen LogP contribution is 2.39.